The summed E-state index contributed by atoms with van der Waals surface area (Å²) in [6, 6.07) is 7.77. The van der Waals surface area contributed by atoms with Crippen molar-refractivity contribution in [2.24, 2.45) is 0 Å². The molecule has 0 radical (unpaired) electrons. The van der Waals surface area contributed by atoms with Crippen LogP contribution in [-0.4, -0.2) is 65.5 Å². The lowest BCUT2D eigenvalue weighted by Crippen LogP contribution is -2.48. The van der Waals surface area contributed by atoms with Gasteiger partial charge >= 0.3 is 0 Å². The van der Waals surface area contributed by atoms with Crippen molar-refractivity contribution in [3.8, 4) is 5.75 Å². The van der Waals surface area contributed by atoms with Gasteiger partial charge in [-0.3, -0.25) is 9.80 Å². The summed E-state index contributed by atoms with van der Waals surface area (Å²) in [7, 11) is 0. The van der Waals surface area contributed by atoms with Gasteiger partial charge in [-0.1, -0.05) is 5.16 Å². The Morgan fingerprint density at radius 3 is 2.52 bits per heavy atom. The Hall–Kier alpha value is -1.96. The van der Waals surface area contributed by atoms with Crippen molar-refractivity contribution in [2.45, 2.75) is 19.6 Å². The molecule has 1 fully saturated rings. The van der Waals surface area contributed by atoms with Crippen molar-refractivity contribution in [3.05, 3.63) is 47.6 Å². The number of piperazine rings is 1. The molecule has 1 atom stereocenters. The van der Waals surface area contributed by atoms with Gasteiger partial charge in [0.1, 0.15) is 30.0 Å². The first-order valence-electron chi connectivity index (χ1n) is 8.52. The van der Waals surface area contributed by atoms with Crippen LogP contribution in [0, 0.1) is 12.7 Å². The zero-order chi connectivity index (χ0) is 17.6. The number of benzene rings is 1. The minimum Gasteiger partial charge on any atom is -0.491 e. The quantitative estimate of drug-likeness (QED) is 0.821. The fourth-order valence-corrected chi connectivity index (χ4v) is 2.93. The Bertz CT molecular complexity index is 654. The molecule has 0 amide bonds. The maximum Gasteiger partial charge on any atom is 0.133 e. The van der Waals surface area contributed by atoms with Crippen LogP contribution in [0.5, 0.6) is 5.75 Å². The van der Waals surface area contributed by atoms with Crippen LogP contribution in [0.1, 0.15) is 11.5 Å². The van der Waals surface area contributed by atoms with Crippen LogP contribution in [0.3, 0.4) is 0 Å². The summed E-state index contributed by atoms with van der Waals surface area (Å²) in [6.45, 7) is 7.09. The molecule has 1 N–H and O–H groups in total. The van der Waals surface area contributed by atoms with Gasteiger partial charge in [0, 0.05) is 45.3 Å². The number of β-amino-alcohol motifs (C(OH)–C–C–N with tert-alkyl or cyclic N) is 1. The first-order valence-corrected chi connectivity index (χ1v) is 8.52. The molecule has 0 unspecified atom stereocenters. The number of ether oxygens (including phenoxy) is 1. The standard InChI is InChI=1S/C18H24FN3O3/c1-14-10-16(20-25-14)11-21-6-8-22(9-7-21)12-17(23)13-24-18-4-2-15(19)3-5-18/h2-5,10,17,23H,6-9,11-13H2,1H3/t17-/m1/s1. The Morgan fingerprint density at radius 1 is 1.20 bits per heavy atom. The molecule has 1 aromatic heterocycles. The summed E-state index contributed by atoms with van der Waals surface area (Å²) in [5.74, 6) is 1.10. The van der Waals surface area contributed by atoms with Crippen LogP contribution in [0.4, 0.5) is 4.39 Å². The van der Waals surface area contributed by atoms with Gasteiger partial charge in [0.05, 0.1) is 5.69 Å². The number of aliphatic hydroxyl groups is 1. The van der Waals surface area contributed by atoms with E-state index in [2.05, 4.69) is 15.0 Å². The van der Waals surface area contributed by atoms with E-state index in [4.69, 9.17) is 9.26 Å². The molecular weight excluding hydrogens is 325 g/mol. The van der Waals surface area contributed by atoms with Crippen molar-refractivity contribution in [1.82, 2.24) is 15.0 Å². The molecule has 136 valence electrons. The van der Waals surface area contributed by atoms with Gasteiger partial charge in [-0.2, -0.15) is 0 Å². The number of halogens is 1. The van der Waals surface area contributed by atoms with Crippen LogP contribution in [-0.2, 0) is 6.54 Å². The second-order valence-electron chi connectivity index (χ2n) is 6.42. The molecular formula is C18H24FN3O3. The summed E-state index contributed by atoms with van der Waals surface area (Å²) >= 11 is 0. The Morgan fingerprint density at radius 2 is 1.88 bits per heavy atom. The Labute approximate surface area is 146 Å². The highest BCUT2D eigenvalue weighted by molar-refractivity contribution is 5.22. The summed E-state index contributed by atoms with van der Waals surface area (Å²) in [6.07, 6.45) is -0.574. The van der Waals surface area contributed by atoms with Gasteiger partial charge in [0.15, 0.2) is 0 Å². The second-order valence-corrected chi connectivity index (χ2v) is 6.42. The number of rotatable bonds is 7. The molecule has 1 aromatic carbocycles. The highest BCUT2D eigenvalue weighted by atomic mass is 19.1. The Balaban J connectivity index is 1.35. The van der Waals surface area contributed by atoms with Crippen LogP contribution in [0.15, 0.2) is 34.9 Å². The number of nitrogens with zero attached hydrogens (tertiary/aromatic N) is 3. The molecule has 1 aliphatic rings. The van der Waals surface area contributed by atoms with Gasteiger partial charge in [0.25, 0.3) is 0 Å². The zero-order valence-electron chi connectivity index (χ0n) is 14.4. The molecule has 0 spiro atoms. The number of aliphatic hydroxyl groups excluding tert-OH is 1. The summed E-state index contributed by atoms with van der Waals surface area (Å²) < 4.78 is 23.4. The van der Waals surface area contributed by atoms with Gasteiger partial charge in [-0.15, -0.1) is 0 Å². The van der Waals surface area contributed by atoms with Crippen molar-refractivity contribution < 1.29 is 18.8 Å². The third-order valence-electron chi connectivity index (χ3n) is 4.25. The van der Waals surface area contributed by atoms with E-state index < -0.39 is 6.10 Å². The lowest BCUT2D eigenvalue weighted by atomic mass is 10.2. The highest BCUT2D eigenvalue weighted by Gasteiger charge is 2.20. The fraction of sp³-hybridized carbons (Fsp3) is 0.500. The predicted molar refractivity (Wildman–Crippen MR) is 90.9 cm³/mol. The monoisotopic (exact) mass is 349 g/mol. The molecule has 3 rings (SSSR count). The van der Waals surface area contributed by atoms with E-state index in [1.54, 1.807) is 12.1 Å². The number of hydrogen-bond donors (Lipinski definition) is 1. The van der Waals surface area contributed by atoms with Crippen LogP contribution in [0.2, 0.25) is 0 Å². The predicted octanol–water partition coefficient (Wildman–Crippen LogP) is 1.68. The molecule has 2 aromatic rings. The molecule has 0 saturated carbocycles. The Kier molecular flexibility index (Phi) is 6.01. The molecule has 7 heteroatoms. The molecule has 0 bridgehead atoms. The van der Waals surface area contributed by atoms with E-state index in [0.717, 1.165) is 44.2 Å². The van der Waals surface area contributed by atoms with Crippen molar-refractivity contribution in [3.63, 3.8) is 0 Å². The van der Waals surface area contributed by atoms with E-state index in [9.17, 15) is 9.50 Å². The fourth-order valence-electron chi connectivity index (χ4n) is 2.93. The van der Waals surface area contributed by atoms with E-state index >= 15 is 0 Å². The normalized spacial score (nSPS) is 17.6. The average Bonchev–Trinajstić information content (AvgIpc) is 3.01. The van der Waals surface area contributed by atoms with Gasteiger partial charge < -0.3 is 14.4 Å². The van der Waals surface area contributed by atoms with Crippen molar-refractivity contribution in [2.75, 3.05) is 39.3 Å². The average molecular weight is 349 g/mol. The molecule has 0 aliphatic carbocycles. The first-order chi connectivity index (χ1) is 12.1. The lowest BCUT2D eigenvalue weighted by Gasteiger charge is -2.35. The van der Waals surface area contributed by atoms with Crippen LogP contribution < -0.4 is 4.74 Å². The maximum absolute atomic E-state index is 12.8. The highest BCUT2D eigenvalue weighted by Crippen LogP contribution is 2.12. The van der Waals surface area contributed by atoms with Crippen LogP contribution >= 0.6 is 0 Å². The third-order valence-corrected chi connectivity index (χ3v) is 4.25. The first kappa shape index (κ1) is 17.8. The third kappa shape index (κ3) is 5.52. The van der Waals surface area contributed by atoms with Crippen molar-refractivity contribution >= 4 is 0 Å². The molecule has 1 aliphatic heterocycles. The molecule has 1 saturated heterocycles. The largest absolute Gasteiger partial charge is 0.491 e. The van der Waals surface area contributed by atoms with Crippen molar-refractivity contribution in [1.29, 1.82) is 0 Å². The number of hydrogen-bond acceptors (Lipinski definition) is 6. The molecule has 2 heterocycles. The van der Waals surface area contributed by atoms with E-state index in [0.29, 0.717) is 12.3 Å². The van der Waals surface area contributed by atoms with Crippen LogP contribution in [0.25, 0.3) is 0 Å². The summed E-state index contributed by atoms with van der Waals surface area (Å²) in [5, 5.41) is 14.2. The second kappa shape index (κ2) is 8.42. The molecule has 25 heavy (non-hydrogen) atoms. The zero-order valence-corrected chi connectivity index (χ0v) is 14.4. The molecule has 6 nitrogen and oxygen atoms in total. The minimum absolute atomic E-state index is 0.198. The van der Waals surface area contributed by atoms with Gasteiger partial charge in [-0.25, -0.2) is 4.39 Å². The SMILES string of the molecule is Cc1cc(CN2CCN(C[C@@H](O)COc3ccc(F)cc3)CC2)no1. The lowest BCUT2D eigenvalue weighted by molar-refractivity contribution is 0.0442. The minimum atomic E-state index is -0.574. The topological polar surface area (TPSA) is 62.0 Å². The smallest absolute Gasteiger partial charge is 0.133 e. The maximum atomic E-state index is 12.8. The number of aromatic nitrogens is 1. The van der Waals surface area contributed by atoms with E-state index in [1.165, 1.54) is 12.1 Å². The number of aryl methyl sites for hydroxylation is 1. The van der Waals surface area contributed by atoms with Gasteiger partial charge in [-0.05, 0) is 31.2 Å². The van der Waals surface area contributed by atoms with Gasteiger partial charge in [0.2, 0.25) is 0 Å². The summed E-state index contributed by atoms with van der Waals surface area (Å²) in [4.78, 5) is 4.55. The summed E-state index contributed by atoms with van der Waals surface area (Å²) in [5.41, 5.74) is 0.957. The van der Waals surface area contributed by atoms with E-state index in [-0.39, 0.29) is 12.4 Å². The van der Waals surface area contributed by atoms with E-state index in [1.807, 2.05) is 13.0 Å².